The fourth-order valence-corrected chi connectivity index (χ4v) is 4.06. The number of rotatable bonds is 1. The van der Waals surface area contributed by atoms with E-state index in [2.05, 4.69) is 66.1 Å². The Balaban J connectivity index is 1.82. The Morgan fingerprint density at radius 1 is 1.05 bits per heavy atom. The van der Waals surface area contributed by atoms with Crippen LogP contribution in [0.4, 0.5) is 0 Å². The van der Waals surface area contributed by atoms with E-state index in [1.807, 2.05) is 11.3 Å². The van der Waals surface area contributed by atoms with Crippen LogP contribution in [0.3, 0.4) is 0 Å². The van der Waals surface area contributed by atoms with Crippen molar-refractivity contribution < 1.29 is 4.57 Å². The Bertz CT molecular complexity index is 809. The van der Waals surface area contributed by atoms with Crippen molar-refractivity contribution in [1.82, 2.24) is 0 Å². The van der Waals surface area contributed by atoms with Crippen LogP contribution in [0.25, 0.3) is 21.9 Å². The Labute approximate surface area is 122 Å². The zero-order chi connectivity index (χ0) is 13.5. The highest BCUT2D eigenvalue weighted by molar-refractivity contribution is 7.19. The summed E-state index contributed by atoms with van der Waals surface area (Å²) in [6.45, 7) is 3.24. The summed E-state index contributed by atoms with van der Waals surface area (Å²) in [5.74, 6) is 0. The van der Waals surface area contributed by atoms with E-state index in [0.717, 1.165) is 13.0 Å². The van der Waals surface area contributed by atoms with Gasteiger partial charge in [0.25, 0.3) is 5.01 Å². The molecule has 0 unspecified atom stereocenters. The number of hydrogen-bond donors (Lipinski definition) is 0. The summed E-state index contributed by atoms with van der Waals surface area (Å²) in [4.78, 5) is 0. The minimum absolute atomic E-state index is 1.11. The van der Waals surface area contributed by atoms with Gasteiger partial charge in [0.1, 0.15) is 4.70 Å². The average Bonchev–Trinajstić information content (AvgIpc) is 3.01. The molecule has 0 spiro atoms. The maximum Gasteiger partial charge on any atom is 0.266 e. The van der Waals surface area contributed by atoms with Gasteiger partial charge in [-0.3, -0.25) is 0 Å². The number of nitrogens with zero attached hydrogens (tertiary/aromatic N) is 1. The molecule has 0 amide bonds. The summed E-state index contributed by atoms with van der Waals surface area (Å²) in [6.07, 6.45) is 3.48. The number of allylic oxidation sites excluding steroid dienone is 1. The van der Waals surface area contributed by atoms with Gasteiger partial charge >= 0.3 is 0 Å². The third kappa shape index (κ3) is 1.88. The van der Waals surface area contributed by atoms with Crippen LogP contribution in [0.5, 0.6) is 0 Å². The molecule has 0 fully saturated rings. The first-order chi connectivity index (χ1) is 9.81. The Kier molecular flexibility index (Phi) is 2.71. The molecule has 2 heteroatoms. The van der Waals surface area contributed by atoms with Gasteiger partial charge in [0.05, 0.1) is 0 Å². The fraction of sp³-hybridized carbons (Fsp3) is 0.167. The molecule has 0 aliphatic carbocycles. The van der Waals surface area contributed by atoms with Crippen molar-refractivity contribution in [1.29, 1.82) is 0 Å². The van der Waals surface area contributed by atoms with Crippen LogP contribution in [0, 0.1) is 6.92 Å². The average molecular weight is 278 g/mol. The fourth-order valence-electron chi connectivity index (χ4n) is 2.83. The SMILES string of the molecule is Cc1ccc(/C=C2\CC[n+]3c2sc2ccccc23)cc1. The highest BCUT2D eigenvalue weighted by Gasteiger charge is 2.29. The minimum atomic E-state index is 1.11. The van der Waals surface area contributed by atoms with E-state index in [1.165, 1.54) is 31.9 Å². The lowest BCUT2D eigenvalue weighted by molar-refractivity contribution is -0.659. The van der Waals surface area contributed by atoms with Gasteiger partial charge in [-0.2, -0.15) is 4.57 Å². The lowest BCUT2D eigenvalue weighted by atomic mass is 10.1. The summed E-state index contributed by atoms with van der Waals surface area (Å²) < 4.78 is 3.84. The number of benzene rings is 2. The molecular formula is C18H16NS+. The first-order valence-corrected chi connectivity index (χ1v) is 7.82. The molecule has 1 aliphatic rings. The normalized spacial score (nSPS) is 15.9. The zero-order valence-electron chi connectivity index (χ0n) is 11.5. The molecule has 1 aromatic heterocycles. The molecule has 0 saturated carbocycles. The van der Waals surface area contributed by atoms with Gasteiger partial charge in [-0.25, -0.2) is 0 Å². The first kappa shape index (κ1) is 11.9. The molecule has 0 N–H and O–H groups in total. The molecule has 4 rings (SSSR count). The van der Waals surface area contributed by atoms with E-state index in [0.29, 0.717) is 0 Å². The molecule has 1 aliphatic heterocycles. The molecule has 0 radical (unpaired) electrons. The summed E-state index contributed by atoms with van der Waals surface area (Å²) in [5.41, 5.74) is 5.46. The van der Waals surface area contributed by atoms with Gasteiger partial charge < -0.3 is 0 Å². The summed E-state index contributed by atoms with van der Waals surface area (Å²) in [5, 5.41) is 1.42. The predicted molar refractivity (Wildman–Crippen MR) is 85.7 cm³/mol. The van der Waals surface area contributed by atoms with Crippen LogP contribution in [0.1, 0.15) is 22.6 Å². The van der Waals surface area contributed by atoms with E-state index in [1.54, 1.807) is 0 Å². The van der Waals surface area contributed by atoms with Crippen molar-refractivity contribution in [3.8, 4) is 0 Å². The van der Waals surface area contributed by atoms with Gasteiger partial charge in [0.2, 0.25) is 5.52 Å². The Morgan fingerprint density at radius 2 is 1.85 bits per heavy atom. The molecular weight excluding hydrogens is 262 g/mol. The van der Waals surface area contributed by atoms with Gasteiger partial charge in [0, 0.05) is 18.1 Å². The van der Waals surface area contributed by atoms with E-state index in [-0.39, 0.29) is 0 Å². The first-order valence-electron chi connectivity index (χ1n) is 7.00. The lowest BCUT2D eigenvalue weighted by Gasteiger charge is -1.95. The predicted octanol–water partition coefficient (Wildman–Crippen LogP) is 4.44. The third-order valence-corrected chi connectivity index (χ3v) is 5.15. The van der Waals surface area contributed by atoms with Crippen LogP contribution in [-0.2, 0) is 6.54 Å². The maximum absolute atomic E-state index is 2.46. The maximum atomic E-state index is 2.46. The van der Waals surface area contributed by atoms with Crippen molar-refractivity contribution >= 4 is 33.2 Å². The highest BCUT2D eigenvalue weighted by Crippen LogP contribution is 2.32. The van der Waals surface area contributed by atoms with Gasteiger partial charge in [-0.15, -0.1) is 0 Å². The van der Waals surface area contributed by atoms with Crippen molar-refractivity contribution in [2.75, 3.05) is 0 Å². The van der Waals surface area contributed by atoms with Gasteiger partial charge in [-0.05, 0) is 24.6 Å². The van der Waals surface area contributed by atoms with Gasteiger partial charge in [-0.1, -0.05) is 53.3 Å². The van der Waals surface area contributed by atoms with Crippen molar-refractivity contribution in [2.45, 2.75) is 19.9 Å². The quantitative estimate of drug-likeness (QED) is 0.579. The smallest absolute Gasteiger partial charge is 0.182 e. The van der Waals surface area contributed by atoms with E-state index in [4.69, 9.17) is 0 Å². The van der Waals surface area contributed by atoms with Crippen LogP contribution < -0.4 is 4.57 Å². The number of fused-ring (bicyclic) bond motifs is 3. The second-order valence-corrected chi connectivity index (χ2v) is 6.39. The number of para-hydroxylation sites is 1. The van der Waals surface area contributed by atoms with Gasteiger partial charge in [0.15, 0.2) is 6.54 Å². The zero-order valence-corrected chi connectivity index (χ0v) is 12.3. The molecule has 98 valence electrons. The Hall–Kier alpha value is -1.93. The number of hydrogen-bond acceptors (Lipinski definition) is 1. The molecule has 0 bridgehead atoms. The Morgan fingerprint density at radius 3 is 2.70 bits per heavy atom. The van der Waals surface area contributed by atoms with Crippen LogP contribution in [-0.4, -0.2) is 0 Å². The molecule has 2 heterocycles. The third-order valence-electron chi connectivity index (χ3n) is 3.91. The minimum Gasteiger partial charge on any atom is -0.182 e. The molecule has 0 saturated heterocycles. The van der Waals surface area contributed by atoms with Crippen molar-refractivity contribution in [3.05, 3.63) is 64.7 Å². The van der Waals surface area contributed by atoms with Crippen LogP contribution in [0.2, 0.25) is 0 Å². The summed E-state index contributed by atoms with van der Waals surface area (Å²) >= 11 is 1.91. The number of aromatic nitrogens is 1. The van der Waals surface area contributed by atoms with Crippen molar-refractivity contribution in [2.24, 2.45) is 0 Å². The van der Waals surface area contributed by atoms with Crippen LogP contribution in [0.15, 0.2) is 48.5 Å². The molecule has 0 atom stereocenters. The second-order valence-electron chi connectivity index (χ2n) is 5.36. The standard InChI is InChI=1S/C18H16NS/c1-13-6-8-14(9-7-13)12-15-10-11-19-16-4-2-3-5-17(16)20-18(15)19/h2-9,12H,10-11H2,1H3/q+1/b15-12+. The largest absolute Gasteiger partial charge is 0.266 e. The van der Waals surface area contributed by atoms with E-state index >= 15 is 0 Å². The monoisotopic (exact) mass is 278 g/mol. The number of thiazole rings is 1. The second kappa shape index (κ2) is 4.57. The van der Waals surface area contributed by atoms with Crippen molar-refractivity contribution in [3.63, 3.8) is 0 Å². The molecule has 3 aromatic rings. The molecule has 2 aromatic carbocycles. The summed E-state index contributed by atoms with van der Waals surface area (Å²) in [6, 6.07) is 17.5. The molecule has 20 heavy (non-hydrogen) atoms. The lowest BCUT2D eigenvalue weighted by Crippen LogP contribution is -2.30. The number of aryl methyl sites for hydroxylation is 2. The molecule has 1 nitrogen and oxygen atoms in total. The van der Waals surface area contributed by atoms with E-state index < -0.39 is 0 Å². The topological polar surface area (TPSA) is 3.88 Å². The van der Waals surface area contributed by atoms with Crippen LogP contribution >= 0.6 is 11.3 Å². The summed E-state index contributed by atoms with van der Waals surface area (Å²) in [7, 11) is 0. The van der Waals surface area contributed by atoms with E-state index in [9.17, 15) is 0 Å². The highest BCUT2D eigenvalue weighted by atomic mass is 32.1.